The quantitative estimate of drug-likeness (QED) is 0.382. The third kappa shape index (κ3) is 6.11. The number of aromatic amines is 1. The topological polar surface area (TPSA) is 78.1 Å². The number of hydrogen-bond acceptors (Lipinski definition) is 4. The molecule has 6 heteroatoms. The molecule has 0 bridgehead atoms. The number of amides is 1. The van der Waals surface area contributed by atoms with E-state index in [1.165, 1.54) is 10.8 Å². The fourth-order valence-corrected chi connectivity index (χ4v) is 4.76. The molecule has 0 aliphatic carbocycles. The molecule has 1 amide bonds. The molecule has 1 aromatic heterocycles. The van der Waals surface area contributed by atoms with Gasteiger partial charge in [-0.2, -0.15) is 0 Å². The molecule has 0 saturated carbocycles. The molecule has 3 aromatic rings. The van der Waals surface area contributed by atoms with Crippen LogP contribution in [0, 0.1) is 5.92 Å². The number of fused-ring (bicyclic) bond motifs is 1. The molecule has 1 aliphatic rings. The summed E-state index contributed by atoms with van der Waals surface area (Å²) >= 11 is 0. The average Bonchev–Trinajstić information content (AvgIpc) is 3.52. The van der Waals surface area contributed by atoms with Gasteiger partial charge < -0.3 is 15.2 Å². The molecule has 1 saturated heterocycles. The van der Waals surface area contributed by atoms with E-state index in [1.54, 1.807) is 0 Å². The van der Waals surface area contributed by atoms with Crippen LogP contribution in [0.3, 0.4) is 0 Å². The molecule has 0 spiro atoms. The number of carbonyl (C=O) groups excluding carboxylic acids is 2. The van der Waals surface area contributed by atoms with Crippen molar-refractivity contribution in [2.45, 2.75) is 57.9 Å². The number of nitrogens with one attached hydrogen (secondary N) is 2. The molecule has 2 N–H and O–H groups in total. The second-order valence-electron chi connectivity index (χ2n) is 9.54. The lowest BCUT2D eigenvalue weighted by Crippen LogP contribution is -2.35. The van der Waals surface area contributed by atoms with E-state index in [1.807, 2.05) is 25.3 Å². The Morgan fingerprint density at radius 1 is 1.15 bits per heavy atom. The molecular formula is C28H36N4O2. The fraction of sp³-hybridized carbons (Fsp3) is 0.464. The largest absolute Gasteiger partial charge is 0.346 e. The number of hydrogen-bond donors (Lipinski definition) is 2. The van der Waals surface area contributed by atoms with Crippen molar-refractivity contribution in [1.82, 2.24) is 20.2 Å². The molecule has 1 aliphatic heterocycles. The lowest BCUT2D eigenvalue weighted by atomic mass is 10.0. The number of ketones is 1. The van der Waals surface area contributed by atoms with Gasteiger partial charge in [-0.15, -0.1) is 0 Å². The molecule has 1 unspecified atom stereocenters. The first-order valence-electron chi connectivity index (χ1n) is 12.6. The zero-order chi connectivity index (χ0) is 23.9. The summed E-state index contributed by atoms with van der Waals surface area (Å²) in [5.41, 5.74) is 2.03. The van der Waals surface area contributed by atoms with E-state index < -0.39 is 0 Å². The van der Waals surface area contributed by atoms with Crippen molar-refractivity contribution in [3.05, 3.63) is 54.5 Å². The molecule has 2 heterocycles. The minimum Gasteiger partial charge on any atom is -0.346 e. The number of unbranched alkanes of at least 4 members (excludes halogenated alkanes) is 2. The summed E-state index contributed by atoms with van der Waals surface area (Å²) in [6.45, 7) is 3.68. The monoisotopic (exact) mass is 460 g/mol. The number of rotatable bonds is 11. The number of H-pyrrole nitrogens is 1. The van der Waals surface area contributed by atoms with Gasteiger partial charge in [0.05, 0.1) is 23.9 Å². The van der Waals surface area contributed by atoms with E-state index >= 15 is 0 Å². The van der Waals surface area contributed by atoms with Gasteiger partial charge in [-0.1, -0.05) is 56.2 Å². The number of carbonyl (C=O) groups is 2. The Bertz CT molecular complexity index is 1120. The second-order valence-corrected chi connectivity index (χ2v) is 9.54. The highest BCUT2D eigenvalue weighted by Crippen LogP contribution is 2.26. The summed E-state index contributed by atoms with van der Waals surface area (Å²) in [5.74, 6) is 1.26. The van der Waals surface area contributed by atoms with Crippen LogP contribution in [-0.4, -0.2) is 46.7 Å². The first-order chi connectivity index (χ1) is 16.5. The van der Waals surface area contributed by atoms with E-state index in [0.717, 1.165) is 62.3 Å². The van der Waals surface area contributed by atoms with Gasteiger partial charge >= 0.3 is 0 Å². The number of aromatic nitrogens is 2. The molecule has 6 nitrogen and oxygen atoms in total. The fourth-order valence-electron chi connectivity index (χ4n) is 4.76. The van der Waals surface area contributed by atoms with Crippen LogP contribution in [-0.2, 0) is 9.59 Å². The Balaban J connectivity index is 1.46. The summed E-state index contributed by atoms with van der Waals surface area (Å²) in [7, 11) is 2.06. The summed E-state index contributed by atoms with van der Waals surface area (Å²) in [6.07, 6.45) is 7.64. The van der Waals surface area contributed by atoms with Crippen LogP contribution >= 0.6 is 0 Å². The van der Waals surface area contributed by atoms with Gasteiger partial charge in [0, 0.05) is 24.9 Å². The van der Waals surface area contributed by atoms with Crippen molar-refractivity contribution in [3.8, 4) is 11.3 Å². The van der Waals surface area contributed by atoms with Crippen molar-refractivity contribution in [1.29, 1.82) is 0 Å². The van der Waals surface area contributed by atoms with Crippen LogP contribution in [0.15, 0.2) is 48.7 Å². The molecule has 2 atom stereocenters. The third-order valence-corrected chi connectivity index (χ3v) is 6.91. The molecule has 2 aromatic carbocycles. The highest BCUT2D eigenvalue weighted by Gasteiger charge is 2.28. The maximum Gasteiger partial charge on any atom is 0.225 e. The first-order valence-corrected chi connectivity index (χ1v) is 12.6. The minimum atomic E-state index is -0.158. The van der Waals surface area contributed by atoms with Crippen molar-refractivity contribution in [3.63, 3.8) is 0 Å². The van der Waals surface area contributed by atoms with E-state index in [9.17, 15) is 9.59 Å². The lowest BCUT2D eigenvalue weighted by molar-refractivity contribution is -0.125. The average molecular weight is 461 g/mol. The number of Topliss-reactive ketones (excluding diaryl/α,β-unsaturated/α-hetero) is 1. The van der Waals surface area contributed by atoms with Crippen LogP contribution in [0.4, 0.5) is 0 Å². The Morgan fingerprint density at radius 3 is 2.74 bits per heavy atom. The van der Waals surface area contributed by atoms with E-state index in [2.05, 4.69) is 57.6 Å². The van der Waals surface area contributed by atoms with Gasteiger partial charge in [-0.05, 0) is 49.7 Å². The molecular weight excluding hydrogens is 424 g/mol. The van der Waals surface area contributed by atoms with Crippen LogP contribution in [0.2, 0.25) is 0 Å². The predicted octanol–water partition coefficient (Wildman–Crippen LogP) is 5.27. The summed E-state index contributed by atoms with van der Waals surface area (Å²) in [4.78, 5) is 34.9. The Morgan fingerprint density at radius 2 is 1.97 bits per heavy atom. The smallest absolute Gasteiger partial charge is 0.225 e. The normalized spacial score (nSPS) is 17.2. The minimum absolute atomic E-state index is 0.0320. The van der Waals surface area contributed by atoms with Gasteiger partial charge in [0.2, 0.25) is 5.91 Å². The highest BCUT2D eigenvalue weighted by atomic mass is 16.2. The van der Waals surface area contributed by atoms with Gasteiger partial charge in [-0.3, -0.25) is 9.59 Å². The standard InChI is InChI=1S/C28H36N4O2/c1-3-24(33)11-5-4-6-12-25(31-28(34)23-15-16-32(2)19-23)27-29-18-26(30-27)22-14-13-20-9-7-8-10-21(20)17-22/h7-10,13-14,17-18,23,25H,3-6,11-12,15-16,19H2,1-2H3,(H,29,30)(H,31,34)/t23?,25-/m0/s1. The Kier molecular flexibility index (Phi) is 8.12. The van der Waals surface area contributed by atoms with E-state index in [-0.39, 0.29) is 17.9 Å². The molecule has 0 radical (unpaired) electrons. The van der Waals surface area contributed by atoms with Crippen LogP contribution in [0.5, 0.6) is 0 Å². The predicted molar refractivity (Wildman–Crippen MR) is 136 cm³/mol. The van der Waals surface area contributed by atoms with Crippen LogP contribution in [0.25, 0.3) is 22.0 Å². The number of likely N-dealkylation sites (tertiary alicyclic amines) is 1. The van der Waals surface area contributed by atoms with Crippen molar-refractivity contribution >= 4 is 22.5 Å². The number of nitrogens with zero attached hydrogens (tertiary/aromatic N) is 2. The SMILES string of the molecule is CCC(=O)CCCCC[C@H](NC(=O)C1CCN(C)C1)c1ncc(-c2ccc3ccccc3c2)[nH]1. The molecule has 1 fully saturated rings. The van der Waals surface area contributed by atoms with E-state index in [4.69, 9.17) is 0 Å². The molecule has 4 rings (SSSR count). The molecule has 34 heavy (non-hydrogen) atoms. The Labute approximate surface area is 202 Å². The maximum absolute atomic E-state index is 13.0. The van der Waals surface area contributed by atoms with Crippen molar-refractivity contribution in [2.24, 2.45) is 5.92 Å². The summed E-state index contributed by atoms with van der Waals surface area (Å²) < 4.78 is 0. The number of benzene rings is 2. The summed E-state index contributed by atoms with van der Waals surface area (Å²) in [5, 5.41) is 5.67. The van der Waals surface area contributed by atoms with E-state index in [0.29, 0.717) is 18.6 Å². The highest BCUT2D eigenvalue weighted by molar-refractivity contribution is 5.86. The molecule has 180 valence electrons. The van der Waals surface area contributed by atoms with Gasteiger partial charge in [0.1, 0.15) is 11.6 Å². The van der Waals surface area contributed by atoms with Crippen LogP contribution < -0.4 is 5.32 Å². The lowest BCUT2D eigenvalue weighted by Gasteiger charge is -2.19. The zero-order valence-electron chi connectivity index (χ0n) is 20.3. The third-order valence-electron chi connectivity index (χ3n) is 6.91. The van der Waals surface area contributed by atoms with Gasteiger partial charge in [0.25, 0.3) is 0 Å². The summed E-state index contributed by atoms with van der Waals surface area (Å²) in [6, 6.07) is 14.5. The van der Waals surface area contributed by atoms with Crippen LogP contribution in [0.1, 0.15) is 63.7 Å². The maximum atomic E-state index is 13.0. The van der Waals surface area contributed by atoms with Crippen molar-refractivity contribution in [2.75, 3.05) is 20.1 Å². The Hall–Kier alpha value is -2.99. The van der Waals surface area contributed by atoms with Gasteiger partial charge in [0.15, 0.2) is 0 Å². The zero-order valence-corrected chi connectivity index (χ0v) is 20.3. The first kappa shape index (κ1) is 24.1. The van der Waals surface area contributed by atoms with Gasteiger partial charge in [-0.25, -0.2) is 4.98 Å². The second kappa shape index (κ2) is 11.4. The van der Waals surface area contributed by atoms with Crippen molar-refractivity contribution < 1.29 is 9.59 Å². The number of imidazole rings is 1.